The van der Waals surface area contributed by atoms with Gasteiger partial charge in [0.1, 0.15) is 31.8 Å². The third-order valence-corrected chi connectivity index (χ3v) is 11.9. The molecule has 370 valence electrons. The standard InChI is InChI=1S/C52H97NO10/c1-8-13-23-30-45(31-24-14-9-2)39-50(57)62-43-52(42-61-49(56)36-29-37-53(6)7,44-63-51(58)40-46(32-25-15-10-3)33-26-16-11-4)41-60-48(55)35-28-22-20-18-17-19-21-27-34-47(54)59-38-12-5/h45-46H,8-44H2,1-7H3. The van der Waals surface area contributed by atoms with Crippen LogP contribution in [0.4, 0.5) is 0 Å². The molecule has 0 N–H and O–H groups in total. The van der Waals surface area contributed by atoms with Crippen molar-refractivity contribution in [2.24, 2.45) is 17.3 Å². The second kappa shape index (κ2) is 42.0. The zero-order valence-corrected chi connectivity index (χ0v) is 41.8. The van der Waals surface area contributed by atoms with Crippen LogP contribution in [-0.2, 0) is 47.7 Å². The molecule has 11 nitrogen and oxygen atoms in total. The van der Waals surface area contributed by atoms with Gasteiger partial charge in [0.2, 0.25) is 0 Å². The monoisotopic (exact) mass is 896 g/mol. The van der Waals surface area contributed by atoms with E-state index < -0.39 is 11.4 Å². The zero-order valence-electron chi connectivity index (χ0n) is 41.8. The summed E-state index contributed by atoms with van der Waals surface area (Å²) >= 11 is 0. The molecule has 0 aromatic heterocycles. The molecule has 0 aliphatic carbocycles. The molecule has 0 atom stereocenters. The zero-order chi connectivity index (χ0) is 46.8. The minimum Gasteiger partial charge on any atom is -0.466 e. The summed E-state index contributed by atoms with van der Waals surface area (Å²) in [7, 11) is 3.90. The molecule has 0 saturated heterocycles. The maximum atomic E-state index is 13.6. The molecule has 0 amide bonds. The summed E-state index contributed by atoms with van der Waals surface area (Å²) in [6.07, 6.45) is 27.6. The van der Waals surface area contributed by atoms with Crippen LogP contribution in [0.3, 0.4) is 0 Å². The van der Waals surface area contributed by atoms with E-state index in [-0.39, 0.29) is 87.8 Å². The van der Waals surface area contributed by atoms with E-state index in [2.05, 4.69) is 27.7 Å². The Morgan fingerprint density at radius 1 is 0.381 bits per heavy atom. The predicted molar refractivity (Wildman–Crippen MR) is 254 cm³/mol. The smallest absolute Gasteiger partial charge is 0.306 e. The summed E-state index contributed by atoms with van der Waals surface area (Å²) in [5.74, 6) is -1.15. The summed E-state index contributed by atoms with van der Waals surface area (Å²) in [4.78, 5) is 67.1. The van der Waals surface area contributed by atoms with Gasteiger partial charge >= 0.3 is 29.8 Å². The lowest BCUT2D eigenvalue weighted by atomic mass is 9.90. The lowest BCUT2D eigenvalue weighted by Crippen LogP contribution is -2.44. The quantitative estimate of drug-likeness (QED) is 0.0328. The molecule has 0 saturated carbocycles. The van der Waals surface area contributed by atoms with Gasteiger partial charge in [0.05, 0.1) is 6.61 Å². The topological polar surface area (TPSA) is 135 Å². The van der Waals surface area contributed by atoms with Gasteiger partial charge in [-0.2, -0.15) is 0 Å². The normalized spacial score (nSPS) is 11.7. The highest BCUT2D eigenvalue weighted by Crippen LogP contribution is 2.27. The van der Waals surface area contributed by atoms with Gasteiger partial charge in [-0.15, -0.1) is 0 Å². The second-order valence-corrected chi connectivity index (χ2v) is 18.7. The van der Waals surface area contributed by atoms with Gasteiger partial charge in [0.25, 0.3) is 0 Å². The Labute approximate surface area is 385 Å². The molecule has 0 aliphatic heterocycles. The number of ether oxygens (including phenoxy) is 5. The molecule has 0 aliphatic rings. The molecule has 11 heteroatoms. The van der Waals surface area contributed by atoms with E-state index >= 15 is 0 Å². The van der Waals surface area contributed by atoms with Gasteiger partial charge in [-0.05, 0) is 83.8 Å². The van der Waals surface area contributed by atoms with Gasteiger partial charge in [0, 0.05) is 32.1 Å². The number of esters is 5. The first-order valence-corrected chi connectivity index (χ1v) is 25.9. The fourth-order valence-corrected chi connectivity index (χ4v) is 7.77. The predicted octanol–water partition coefficient (Wildman–Crippen LogP) is 12.7. The minimum absolute atomic E-state index is 0.112. The third kappa shape index (κ3) is 37.3. The highest BCUT2D eigenvalue weighted by molar-refractivity contribution is 5.71. The van der Waals surface area contributed by atoms with Gasteiger partial charge in [-0.3, -0.25) is 24.0 Å². The van der Waals surface area contributed by atoms with Crippen molar-refractivity contribution < 1.29 is 47.7 Å². The summed E-state index contributed by atoms with van der Waals surface area (Å²) < 4.78 is 28.9. The number of carbonyl (C=O) groups excluding carboxylic acids is 5. The minimum atomic E-state index is -1.26. The first-order valence-electron chi connectivity index (χ1n) is 25.9. The van der Waals surface area contributed by atoms with Crippen molar-refractivity contribution in [2.45, 2.75) is 234 Å². The Morgan fingerprint density at radius 3 is 1.03 bits per heavy atom. The highest BCUT2D eigenvalue weighted by Gasteiger charge is 2.38. The van der Waals surface area contributed by atoms with E-state index in [9.17, 15) is 24.0 Å². The Morgan fingerprint density at radius 2 is 0.698 bits per heavy atom. The lowest BCUT2D eigenvalue weighted by molar-refractivity contribution is -0.171. The Hall–Kier alpha value is -2.69. The van der Waals surface area contributed by atoms with Crippen LogP contribution < -0.4 is 0 Å². The molecular weight excluding hydrogens is 799 g/mol. The Kier molecular flexibility index (Phi) is 40.2. The molecule has 0 aromatic rings. The maximum absolute atomic E-state index is 13.6. The molecule has 0 rings (SSSR count). The van der Waals surface area contributed by atoms with E-state index in [4.69, 9.17) is 23.7 Å². The lowest BCUT2D eigenvalue weighted by Gasteiger charge is -2.32. The number of carbonyl (C=O) groups is 5. The van der Waals surface area contributed by atoms with Gasteiger partial charge in [-0.25, -0.2) is 0 Å². The largest absolute Gasteiger partial charge is 0.466 e. The van der Waals surface area contributed by atoms with Crippen LogP contribution in [0, 0.1) is 17.3 Å². The fourth-order valence-electron chi connectivity index (χ4n) is 7.77. The maximum Gasteiger partial charge on any atom is 0.306 e. The van der Waals surface area contributed by atoms with Gasteiger partial charge in [-0.1, -0.05) is 150 Å². The van der Waals surface area contributed by atoms with Crippen LogP contribution in [0.1, 0.15) is 234 Å². The number of unbranched alkanes of at least 4 members (excludes halogenated alkanes) is 15. The van der Waals surface area contributed by atoms with Gasteiger partial charge in [0.15, 0.2) is 0 Å². The summed E-state index contributed by atoms with van der Waals surface area (Å²) in [6.45, 7) is 11.1. The number of hydrogen-bond acceptors (Lipinski definition) is 11. The molecule has 0 fully saturated rings. The number of nitrogens with zero attached hydrogens (tertiary/aromatic N) is 1. The van der Waals surface area contributed by atoms with Crippen LogP contribution in [0.5, 0.6) is 0 Å². The van der Waals surface area contributed by atoms with Crippen molar-refractivity contribution in [1.29, 1.82) is 0 Å². The highest BCUT2D eigenvalue weighted by atomic mass is 16.6. The van der Waals surface area contributed by atoms with Crippen LogP contribution in [0.2, 0.25) is 0 Å². The van der Waals surface area contributed by atoms with Crippen LogP contribution in [0.25, 0.3) is 0 Å². The Bertz CT molecular complexity index is 1080. The van der Waals surface area contributed by atoms with Crippen molar-refractivity contribution in [3.05, 3.63) is 0 Å². The summed E-state index contributed by atoms with van der Waals surface area (Å²) in [5.41, 5.74) is -1.26. The van der Waals surface area contributed by atoms with Crippen molar-refractivity contribution >= 4 is 29.8 Å². The van der Waals surface area contributed by atoms with E-state index in [1.54, 1.807) is 0 Å². The van der Waals surface area contributed by atoms with E-state index in [0.29, 0.717) is 25.9 Å². The first-order chi connectivity index (χ1) is 30.4. The van der Waals surface area contributed by atoms with Gasteiger partial charge < -0.3 is 28.6 Å². The number of rotatable bonds is 45. The molecule has 0 unspecified atom stereocenters. The average molecular weight is 896 g/mol. The van der Waals surface area contributed by atoms with E-state index in [1.165, 1.54) is 0 Å². The Balaban J connectivity index is 5.91. The molecule has 0 bridgehead atoms. The van der Waals surface area contributed by atoms with Crippen molar-refractivity contribution in [2.75, 3.05) is 53.7 Å². The first kappa shape index (κ1) is 60.3. The van der Waals surface area contributed by atoms with Crippen molar-refractivity contribution in [3.63, 3.8) is 0 Å². The third-order valence-electron chi connectivity index (χ3n) is 11.9. The molecule has 0 aromatic carbocycles. The van der Waals surface area contributed by atoms with Crippen LogP contribution in [0.15, 0.2) is 0 Å². The van der Waals surface area contributed by atoms with E-state index in [0.717, 1.165) is 161 Å². The number of hydrogen-bond donors (Lipinski definition) is 0. The molecule has 0 radical (unpaired) electrons. The molecule has 63 heavy (non-hydrogen) atoms. The molecule has 0 heterocycles. The van der Waals surface area contributed by atoms with Crippen molar-refractivity contribution in [1.82, 2.24) is 4.90 Å². The molecule has 0 spiro atoms. The fraction of sp³-hybridized carbons (Fsp3) is 0.904. The summed E-state index contributed by atoms with van der Waals surface area (Å²) in [6, 6.07) is 0. The van der Waals surface area contributed by atoms with Crippen molar-refractivity contribution in [3.8, 4) is 0 Å². The SMILES string of the molecule is CCCCCC(CCCCC)CC(=O)OCC(COC(=O)CCCCCCCCCCC(=O)OCCC)(COC(=O)CCCN(C)C)COC(=O)CC(CCCCC)CCCCC. The van der Waals surface area contributed by atoms with Crippen LogP contribution in [-0.4, -0.2) is 88.4 Å². The molecular formula is C52H97NO10. The average Bonchev–Trinajstić information content (AvgIpc) is 3.25. The van der Waals surface area contributed by atoms with Crippen LogP contribution >= 0.6 is 0 Å². The second-order valence-electron chi connectivity index (χ2n) is 18.7. The van der Waals surface area contributed by atoms with E-state index in [1.807, 2.05) is 25.9 Å². The summed E-state index contributed by atoms with van der Waals surface area (Å²) in [5, 5.41) is 0.